The summed E-state index contributed by atoms with van der Waals surface area (Å²) in [5.41, 5.74) is 1.14. The minimum absolute atomic E-state index is 0.0530. The quantitative estimate of drug-likeness (QED) is 0.861. The molecule has 0 saturated carbocycles. The molecule has 1 unspecified atom stereocenters. The molecule has 0 aromatic carbocycles. The summed E-state index contributed by atoms with van der Waals surface area (Å²) in [4.78, 5) is 28.3. The summed E-state index contributed by atoms with van der Waals surface area (Å²) in [6.07, 6.45) is 4.93. The van der Waals surface area contributed by atoms with Crippen LogP contribution in [-0.2, 0) is 16.0 Å². The Bertz CT molecular complexity index is 433. The van der Waals surface area contributed by atoms with E-state index in [1.54, 1.807) is 17.3 Å². The lowest BCUT2D eigenvalue weighted by molar-refractivity contribution is -0.149. The molecule has 0 radical (unpaired) electrons. The van der Waals surface area contributed by atoms with E-state index in [9.17, 15) is 9.59 Å². The number of hydrogen-bond acceptors (Lipinski definition) is 3. The number of carbonyl (C=O) groups is 2. The van der Waals surface area contributed by atoms with Gasteiger partial charge in [0.25, 0.3) is 0 Å². The van der Waals surface area contributed by atoms with Gasteiger partial charge in [0.15, 0.2) is 0 Å². The van der Waals surface area contributed by atoms with Gasteiger partial charge in [0.2, 0.25) is 5.91 Å². The maximum Gasteiger partial charge on any atom is 0.307 e. The van der Waals surface area contributed by atoms with Crippen LogP contribution in [0.2, 0.25) is 0 Å². The number of pyridine rings is 1. The van der Waals surface area contributed by atoms with Crippen LogP contribution in [0.4, 0.5) is 0 Å². The van der Waals surface area contributed by atoms with E-state index in [0.29, 0.717) is 19.5 Å². The molecular weight excluding hydrogens is 232 g/mol. The van der Waals surface area contributed by atoms with E-state index < -0.39 is 11.9 Å². The van der Waals surface area contributed by atoms with E-state index in [4.69, 9.17) is 5.11 Å². The molecule has 5 heteroatoms. The molecule has 2 heterocycles. The number of rotatable bonds is 4. The number of carboxylic acids is 1. The minimum Gasteiger partial charge on any atom is -0.481 e. The molecule has 1 atom stereocenters. The van der Waals surface area contributed by atoms with E-state index in [2.05, 4.69) is 4.98 Å². The Morgan fingerprint density at radius 1 is 1.44 bits per heavy atom. The third-order valence-corrected chi connectivity index (χ3v) is 3.29. The first-order valence-electron chi connectivity index (χ1n) is 6.06. The summed E-state index contributed by atoms with van der Waals surface area (Å²) in [6.45, 7) is 1.19. The molecule has 0 bridgehead atoms. The monoisotopic (exact) mass is 248 g/mol. The predicted molar refractivity (Wildman–Crippen MR) is 64.9 cm³/mol. The standard InChI is InChI=1S/C13H16N2O3/c16-12-9-11(13(17)18)4-8-15(12)7-3-10-1-5-14-6-2-10/h1-2,5-6,11H,3-4,7-9H2,(H,17,18). The molecule has 96 valence electrons. The molecule has 1 aliphatic heterocycles. The summed E-state index contributed by atoms with van der Waals surface area (Å²) in [5.74, 6) is -1.42. The van der Waals surface area contributed by atoms with Crippen LogP contribution in [0, 0.1) is 5.92 Å². The zero-order valence-electron chi connectivity index (χ0n) is 10.1. The van der Waals surface area contributed by atoms with Gasteiger partial charge in [-0.25, -0.2) is 0 Å². The number of aliphatic carboxylic acids is 1. The number of carbonyl (C=O) groups excluding carboxylic acids is 1. The molecule has 18 heavy (non-hydrogen) atoms. The van der Waals surface area contributed by atoms with Gasteiger partial charge in [0.1, 0.15) is 0 Å². The molecule has 2 rings (SSSR count). The number of aromatic nitrogens is 1. The van der Waals surface area contributed by atoms with Gasteiger partial charge >= 0.3 is 5.97 Å². The Morgan fingerprint density at radius 3 is 2.78 bits per heavy atom. The second-order valence-corrected chi connectivity index (χ2v) is 4.51. The van der Waals surface area contributed by atoms with Gasteiger partial charge in [0, 0.05) is 31.9 Å². The lowest BCUT2D eigenvalue weighted by Crippen LogP contribution is -2.41. The molecule has 1 saturated heterocycles. The van der Waals surface area contributed by atoms with Crippen LogP contribution in [0.25, 0.3) is 0 Å². The Hall–Kier alpha value is -1.91. The number of nitrogens with zero attached hydrogens (tertiary/aromatic N) is 2. The van der Waals surface area contributed by atoms with Crippen molar-refractivity contribution < 1.29 is 14.7 Å². The Labute approximate surface area is 105 Å². The van der Waals surface area contributed by atoms with Crippen LogP contribution in [0.1, 0.15) is 18.4 Å². The third kappa shape index (κ3) is 3.06. The summed E-state index contributed by atoms with van der Waals surface area (Å²) in [7, 11) is 0. The average Bonchev–Trinajstić information content (AvgIpc) is 2.38. The Balaban J connectivity index is 1.85. The number of amides is 1. The number of carboxylic acid groups (broad SMARTS) is 1. The van der Waals surface area contributed by atoms with E-state index in [1.807, 2.05) is 12.1 Å². The van der Waals surface area contributed by atoms with E-state index in [-0.39, 0.29) is 12.3 Å². The molecule has 1 N–H and O–H groups in total. The molecule has 5 nitrogen and oxygen atoms in total. The van der Waals surface area contributed by atoms with Crippen molar-refractivity contribution in [3.05, 3.63) is 30.1 Å². The Kier molecular flexibility index (Phi) is 3.92. The lowest BCUT2D eigenvalue weighted by Gasteiger charge is -2.29. The first kappa shape index (κ1) is 12.5. The zero-order valence-corrected chi connectivity index (χ0v) is 10.1. The SMILES string of the molecule is O=C(O)C1CCN(CCc2ccncc2)C(=O)C1. The molecule has 1 amide bonds. The topological polar surface area (TPSA) is 70.5 Å². The second kappa shape index (κ2) is 5.62. The fourth-order valence-electron chi connectivity index (χ4n) is 2.14. The molecule has 1 aliphatic rings. The van der Waals surface area contributed by atoms with Gasteiger partial charge < -0.3 is 10.0 Å². The molecule has 0 aliphatic carbocycles. The molecule has 0 spiro atoms. The van der Waals surface area contributed by atoms with E-state index in [1.165, 1.54) is 0 Å². The highest BCUT2D eigenvalue weighted by Gasteiger charge is 2.29. The number of piperidine rings is 1. The highest BCUT2D eigenvalue weighted by molar-refractivity contribution is 5.83. The van der Waals surface area contributed by atoms with Gasteiger partial charge in [0.05, 0.1) is 5.92 Å². The molecular formula is C13H16N2O3. The normalized spacial score (nSPS) is 19.9. The van der Waals surface area contributed by atoms with Crippen molar-refractivity contribution >= 4 is 11.9 Å². The first-order chi connectivity index (χ1) is 8.66. The first-order valence-corrected chi connectivity index (χ1v) is 6.06. The van der Waals surface area contributed by atoms with Crippen LogP contribution in [0.3, 0.4) is 0 Å². The van der Waals surface area contributed by atoms with Crippen molar-refractivity contribution in [3.8, 4) is 0 Å². The summed E-state index contributed by atoms with van der Waals surface area (Å²) in [5, 5.41) is 8.87. The molecule has 1 aromatic heterocycles. The number of hydrogen-bond donors (Lipinski definition) is 1. The van der Waals surface area contributed by atoms with Gasteiger partial charge in [-0.1, -0.05) is 0 Å². The molecule has 1 fully saturated rings. The lowest BCUT2D eigenvalue weighted by atomic mass is 9.96. The van der Waals surface area contributed by atoms with Gasteiger partial charge in [-0.3, -0.25) is 14.6 Å². The smallest absolute Gasteiger partial charge is 0.307 e. The summed E-state index contributed by atoms with van der Waals surface area (Å²) >= 11 is 0. The third-order valence-electron chi connectivity index (χ3n) is 3.29. The van der Waals surface area contributed by atoms with Crippen LogP contribution >= 0.6 is 0 Å². The van der Waals surface area contributed by atoms with Crippen LogP contribution < -0.4 is 0 Å². The Morgan fingerprint density at radius 2 is 2.17 bits per heavy atom. The van der Waals surface area contributed by atoms with Crippen LogP contribution in [0.15, 0.2) is 24.5 Å². The van der Waals surface area contributed by atoms with E-state index >= 15 is 0 Å². The molecule has 1 aromatic rings. The fraction of sp³-hybridized carbons (Fsp3) is 0.462. The van der Waals surface area contributed by atoms with Crippen molar-refractivity contribution in [3.63, 3.8) is 0 Å². The van der Waals surface area contributed by atoms with Crippen molar-refractivity contribution in [1.29, 1.82) is 0 Å². The summed E-state index contributed by atoms with van der Waals surface area (Å²) in [6, 6.07) is 3.85. The minimum atomic E-state index is -0.864. The zero-order chi connectivity index (χ0) is 13.0. The average molecular weight is 248 g/mol. The van der Waals surface area contributed by atoms with E-state index in [0.717, 1.165) is 12.0 Å². The van der Waals surface area contributed by atoms with Crippen LogP contribution in [0.5, 0.6) is 0 Å². The second-order valence-electron chi connectivity index (χ2n) is 4.51. The van der Waals surface area contributed by atoms with Gasteiger partial charge in [-0.05, 0) is 30.5 Å². The van der Waals surface area contributed by atoms with Gasteiger partial charge in [-0.15, -0.1) is 0 Å². The van der Waals surface area contributed by atoms with Gasteiger partial charge in [-0.2, -0.15) is 0 Å². The highest BCUT2D eigenvalue weighted by Crippen LogP contribution is 2.18. The largest absolute Gasteiger partial charge is 0.481 e. The van der Waals surface area contributed by atoms with Crippen LogP contribution in [-0.4, -0.2) is 40.0 Å². The van der Waals surface area contributed by atoms with Crippen molar-refractivity contribution in [1.82, 2.24) is 9.88 Å². The maximum atomic E-state index is 11.8. The number of likely N-dealkylation sites (tertiary alicyclic amines) is 1. The fourth-order valence-corrected chi connectivity index (χ4v) is 2.14. The summed E-state index contributed by atoms with van der Waals surface area (Å²) < 4.78 is 0. The highest BCUT2D eigenvalue weighted by atomic mass is 16.4. The van der Waals surface area contributed by atoms with Crippen molar-refractivity contribution in [2.24, 2.45) is 5.92 Å². The predicted octanol–water partition coefficient (Wildman–Crippen LogP) is 0.947. The van der Waals surface area contributed by atoms with Crippen molar-refractivity contribution in [2.45, 2.75) is 19.3 Å². The van der Waals surface area contributed by atoms with Crippen molar-refractivity contribution in [2.75, 3.05) is 13.1 Å². The maximum absolute atomic E-state index is 11.8.